The van der Waals surface area contributed by atoms with Crippen LogP contribution in [-0.4, -0.2) is 32.0 Å². The Morgan fingerprint density at radius 1 is 0.848 bits per heavy atom. The number of aryl methyl sites for hydroxylation is 1. The summed E-state index contributed by atoms with van der Waals surface area (Å²) >= 11 is 0. The summed E-state index contributed by atoms with van der Waals surface area (Å²) in [6, 6.07) is 17.9. The molecule has 0 aromatic heterocycles. The number of hydrogen-bond acceptors (Lipinski definition) is 5. The highest BCUT2D eigenvalue weighted by Gasteiger charge is 2.28. The number of nitrogens with one attached hydrogen (secondary N) is 1. The molecule has 0 aliphatic carbocycles. The molecule has 5 nitrogen and oxygen atoms in total. The molecule has 1 heterocycles. The minimum Gasteiger partial charge on any atom is -0.451 e. The monoisotopic (exact) mass is 443 g/mol. The van der Waals surface area contributed by atoms with Gasteiger partial charge < -0.3 is 19.9 Å². The summed E-state index contributed by atoms with van der Waals surface area (Å²) in [6.07, 6.45) is 0. The van der Waals surface area contributed by atoms with Crippen LogP contribution < -0.4 is 19.9 Å². The zero-order valence-corrected chi connectivity index (χ0v) is 20.2. The van der Waals surface area contributed by atoms with Gasteiger partial charge in [0.25, 0.3) is 0 Å². The summed E-state index contributed by atoms with van der Waals surface area (Å²) in [5, 5.41) is 3.53. The van der Waals surface area contributed by atoms with Crippen molar-refractivity contribution < 1.29 is 9.53 Å². The van der Waals surface area contributed by atoms with E-state index in [1.807, 2.05) is 49.4 Å². The van der Waals surface area contributed by atoms with Crippen LogP contribution in [0.2, 0.25) is 0 Å². The Labute approximate surface area is 197 Å². The second-order valence-electron chi connectivity index (χ2n) is 8.28. The average molecular weight is 444 g/mol. The van der Waals surface area contributed by atoms with Crippen LogP contribution in [0.25, 0.3) is 0 Å². The molecule has 0 saturated heterocycles. The molecule has 0 saturated carbocycles. The number of carbonyl (C=O) groups excluding carboxylic acids is 1. The molecule has 5 heteroatoms. The van der Waals surface area contributed by atoms with Crippen molar-refractivity contribution in [2.45, 2.75) is 34.6 Å². The van der Waals surface area contributed by atoms with E-state index in [0.717, 1.165) is 60.2 Å². The molecule has 4 rings (SSSR count). The molecule has 33 heavy (non-hydrogen) atoms. The van der Waals surface area contributed by atoms with E-state index in [1.165, 1.54) is 0 Å². The first-order valence-corrected chi connectivity index (χ1v) is 11.9. The number of rotatable bonds is 8. The van der Waals surface area contributed by atoms with E-state index in [4.69, 9.17) is 4.74 Å². The second-order valence-corrected chi connectivity index (χ2v) is 8.28. The first-order valence-electron chi connectivity index (χ1n) is 11.9. The molecule has 0 bridgehead atoms. The first kappa shape index (κ1) is 22.7. The lowest BCUT2D eigenvalue weighted by atomic mass is 9.98. The quantitative estimate of drug-likeness (QED) is 0.305. The fourth-order valence-corrected chi connectivity index (χ4v) is 4.39. The fraction of sp³-hybridized carbons (Fsp3) is 0.321. The van der Waals surface area contributed by atoms with Crippen LogP contribution in [-0.2, 0) is 0 Å². The van der Waals surface area contributed by atoms with Crippen molar-refractivity contribution in [2.24, 2.45) is 0 Å². The molecule has 0 spiro atoms. The van der Waals surface area contributed by atoms with Crippen molar-refractivity contribution in [3.63, 3.8) is 0 Å². The van der Waals surface area contributed by atoms with Crippen LogP contribution in [0.1, 0.15) is 49.2 Å². The predicted octanol–water partition coefficient (Wildman–Crippen LogP) is 6.77. The largest absolute Gasteiger partial charge is 0.451 e. The number of ketones is 1. The molecular weight excluding hydrogens is 410 g/mol. The molecule has 1 aliphatic heterocycles. The Hall–Kier alpha value is -3.47. The van der Waals surface area contributed by atoms with Crippen LogP contribution in [0.4, 0.5) is 22.7 Å². The summed E-state index contributed by atoms with van der Waals surface area (Å²) in [6.45, 7) is 14.1. The lowest BCUT2D eigenvalue weighted by molar-refractivity contribution is 0.103. The summed E-state index contributed by atoms with van der Waals surface area (Å²) in [4.78, 5) is 18.0. The minimum absolute atomic E-state index is 0.0170. The van der Waals surface area contributed by atoms with Gasteiger partial charge in [0.05, 0.1) is 22.6 Å². The van der Waals surface area contributed by atoms with Crippen molar-refractivity contribution >= 4 is 28.5 Å². The average Bonchev–Trinajstić information content (AvgIpc) is 2.84. The predicted molar refractivity (Wildman–Crippen MR) is 138 cm³/mol. The molecule has 0 radical (unpaired) electrons. The molecule has 3 aromatic carbocycles. The van der Waals surface area contributed by atoms with Gasteiger partial charge in [0, 0.05) is 43.5 Å². The van der Waals surface area contributed by atoms with Gasteiger partial charge in [-0.3, -0.25) is 4.79 Å². The van der Waals surface area contributed by atoms with Crippen molar-refractivity contribution in [2.75, 3.05) is 41.3 Å². The summed E-state index contributed by atoms with van der Waals surface area (Å²) in [7, 11) is 0. The molecule has 172 valence electrons. The van der Waals surface area contributed by atoms with E-state index in [0.29, 0.717) is 16.9 Å². The van der Waals surface area contributed by atoms with Crippen LogP contribution >= 0.6 is 0 Å². The highest BCUT2D eigenvalue weighted by molar-refractivity contribution is 6.14. The number of ether oxygens (including phenoxy) is 1. The number of nitrogens with zero attached hydrogens (tertiary/aromatic N) is 2. The summed E-state index contributed by atoms with van der Waals surface area (Å²) < 4.78 is 6.54. The summed E-state index contributed by atoms with van der Waals surface area (Å²) in [5.41, 5.74) is 6.12. The Balaban J connectivity index is 1.82. The Bertz CT molecular complexity index is 1150. The maximum Gasteiger partial charge on any atom is 0.195 e. The molecular formula is C28H33N3O2. The Kier molecular flexibility index (Phi) is 6.59. The highest BCUT2D eigenvalue weighted by atomic mass is 16.5. The zero-order valence-electron chi connectivity index (χ0n) is 20.2. The number of anilines is 4. The van der Waals surface area contributed by atoms with Gasteiger partial charge >= 0.3 is 0 Å². The van der Waals surface area contributed by atoms with Gasteiger partial charge in [-0.05, 0) is 58.9 Å². The lowest BCUT2D eigenvalue weighted by Gasteiger charge is -2.31. The molecule has 0 amide bonds. The smallest absolute Gasteiger partial charge is 0.195 e. The SMILES string of the molecule is CCN(CC)c1ccc2c(c1)Oc1c(N(CC)CC)ccc(C(=O)c3ccc(C)cc3)c1N2. The molecule has 3 aromatic rings. The molecule has 0 atom stereocenters. The first-order chi connectivity index (χ1) is 16.0. The van der Waals surface area contributed by atoms with E-state index < -0.39 is 0 Å². The van der Waals surface area contributed by atoms with Gasteiger partial charge in [0.2, 0.25) is 0 Å². The van der Waals surface area contributed by atoms with E-state index >= 15 is 0 Å². The fourth-order valence-electron chi connectivity index (χ4n) is 4.39. The van der Waals surface area contributed by atoms with Gasteiger partial charge in [-0.25, -0.2) is 0 Å². The molecule has 1 aliphatic rings. The highest BCUT2D eigenvalue weighted by Crippen LogP contribution is 2.50. The van der Waals surface area contributed by atoms with Crippen LogP contribution in [0.5, 0.6) is 11.5 Å². The van der Waals surface area contributed by atoms with Crippen LogP contribution in [0.15, 0.2) is 54.6 Å². The maximum absolute atomic E-state index is 13.5. The third kappa shape index (κ3) is 4.28. The number of benzene rings is 3. The standard InChI is InChI=1S/C28H33N3O2/c1-6-30(7-2)21-14-16-23-25(18-21)33-28-24(31(8-3)9-4)17-15-22(26(28)29-23)27(32)20-12-10-19(5)11-13-20/h10-18,29H,6-9H2,1-5H3. The third-order valence-electron chi connectivity index (χ3n) is 6.36. The van der Waals surface area contributed by atoms with Gasteiger partial charge in [-0.2, -0.15) is 0 Å². The second kappa shape index (κ2) is 9.57. The minimum atomic E-state index is -0.0170. The molecule has 0 unspecified atom stereocenters. The van der Waals surface area contributed by atoms with E-state index in [-0.39, 0.29) is 5.78 Å². The van der Waals surface area contributed by atoms with Crippen LogP contribution in [0.3, 0.4) is 0 Å². The number of hydrogen-bond donors (Lipinski definition) is 1. The number of carbonyl (C=O) groups is 1. The van der Waals surface area contributed by atoms with Crippen molar-refractivity contribution in [1.29, 1.82) is 0 Å². The van der Waals surface area contributed by atoms with Gasteiger partial charge in [-0.15, -0.1) is 0 Å². The van der Waals surface area contributed by atoms with Crippen molar-refractivity contribution in [3.05, 3.63) is 71.3 Å². The lowest BCUT2D eigenvalue weighted by Crippen LogP contribution is -2.24. The normalized spacial score (nSPS) is 11.7. The van der Waals surface area contributed by atoms with Gasteiger partial charge in [0.1, 0.15) is 0 Å². The third-order valence-corrected chi connectivity index (χ3v) is 6.36. The molecule has 1 N–H and O–H groups in total. The molecule has 0 fully saturated rings. The summed E-state index contributed by atoms with van der Waals surface area (Å²) in [5.74, 6) is 1.47. The Morgan fingerprint density at radius 3 is 2.15 bits per heavy atom. The number of fused-ring (bicyclic) bond motifs is 2. The zero-order chi connectivity index (χ0) is 23.5. The van der Waals surface area contributed by atoms with Crippen molar-refractivity contribution in [3.8, 4) is 11.5 Å². The van der Waals surface area contributed by atoms with Gasteiger partial charge in [0.15, 0.2) is 17.3 Å². The van der Waals surface area contributed by atoms with E-state index in [2.05, 4.69) is 54.9 Å². The maximum atomic E-state index is 13.5. The van der Waals surface area contributed by atoms with Crippen molar-refractivity contribution in [1.82, 2.24) is 0 Å². The Morgan fingerprint density at radius 2 is 1.52 bits per heavy atom. The van der Waals surface area contributed by atoms with Crippen LogP contribution in [0, 0.1) is 6.92 Å². The topological polar surface area (TPSA) is 44.8 Å². The van der Waals surface area contributed by atoms with E-state index in [1.54, 1.807) is 0 Å². The van der Waals surface area contributed by atoms with E-state index in [9.17, 15) is 4.79 Å². The van der Waals surface area contributed by atoms with Gasteiger partial charge in [-0.1, -0.05) is 29.8 Å².